The standard InChI is InChI=1S/C21H23N3O2/c1-24(21(26)18-11-13-22-14-12-18)19-9-7-16(8-10-19)15-23-20(25)17-5-3-2-4-6-17/h2-3,7-14,17H,4-6,15H2,1H3,(H,23,25)/t17-/m1/s1. The molecule has 1 aliphatic rings. The molecule has 0 saturated carbocycles. The number of nitrogens with zero attached hydrogens (tertiary/aromatic N) is 2. The highest BCUT2D eigenvalue weighted by molar-refractivity contribution is 6.05. The van der Waals surface area contributed by atoms with Crippen molar-refractivity contribution in [2.24, 2.45) is 5.92 Å². The molecule has 1 heterocycles. The van der Waals surface area contributed by atoms with Crippen LogP contribution in [0.1, 0.15) is 35.2 Å². The maximum Gasteiger partial charge on any atom is 0.258 e. The SMILES string of the molecule is CN(C(=O)c1ccncc1)c1ccc(CNC(=O)[C@@H]2CC=CCC2)cc1. The zero-order chi connectivity index (χ0) is 18.4. The molecule has 26 heavy (non-hydrogen) atoms. The van der Waals surface area contributed by atoms with Gasteiger partial charge in [0.2, 0.25) is 5.91 Å². The summed E-state index contributed by atoms with van der Waals surface area (Å²) in [5.41, 5.74) is 2.41. The van der Waals surface area contributed by atoms with E-state index in [1.807, 2.05) is 24.3 Å². The lowest BCUT2D eigenvalue weighted by atomic mass is 9.93. The normalized spacial score (nSPS) is 16.1. The topological polar surface area (TPSA) is 62.3 Å². The van der Waals surface area contributed by atoms with Crippen LogP contribution in [0.4, 0.5) is 5.69 Å². The van der Waals surface area contributed by atoms with Crippen LogP contribution in [0.15, 0.2) is 60.9 Å². The van der Waals surface area contributed by atoms with Crippen LogP contribution >= 0.6 is 0 Å². The molecule has 0 saturated heterocycles. The molecule has 0 fully saturated rings. The molecule has 5 heteroatoms. The Bertz CT molecular complexity index is 785. The van der Waals surface area contributed by atoms with Gasteiger partial charge >= 0.3 is 0 Å². The van der Waals surface area contributed by atoms with Gasteiger partial charge in [-0.3, -0.25) is 14.6 Å². The summed E-state index contributed by atoms with van der Waals surface area (Å²) in [4.78, 5) is 30.2. The average Bonchev–Trinajstić information content (AvgIpc) is 2.72. The third-order valence-corrected chi connectivity index (χ3v) is 4.66. The van der Waals surface area contributed by atoms with Crippen molar-refractivity contribution in [3.8, 4) is 0 Å². The highest BCUT2D eigenvalue weighted by Gasteiger charge is 2.18. The second-order valence-electron chi connectivity index (χ2n) is 6.47. The van der Waals surface area contributed by atoms with Crippen LogP contribution in [0, 0.1) is 5.92 Å². The third-order valence-electron chi connectivity index (χ3n) is 4.66. The number of allylic oxidation sites excluding steroid dienone is 2. The Morgan fingerprint density at radius 1 is 1.12 bits per heavy atom. The first-order valence-corrected chi connectivity index (χ1v) is 8.85. The van der Waals surface area contributed by atoms with Gasteiger partial charge in [0.05, 0.1) is 0 Å². The molecule has 5 nitrogen and oxygen atoms in total. The number of carbonyl (C=O) groups excluding carboxylic acids is 2. The molecular formula is C21H23N3O2. The largest absolute Gasteiger partial charge is 0.352 e. The lowest BCUT2D eigenvalue weighted by Crippen LogP contribution is -2.30. The molecule has 1 aromatic carbocycles. The van der Waals surface area contributed by atoms with E-state index in [9.17, 15) is 9.59 Å². The molecule has 1 aliphatic carbocycles. The Labute approximate surface area is 153 Å². The average molecular weight is 349 g/mol. The van der Waals surface area contributed by atoms with Gasteiger partial charge in [0, 0.05) is 43.2 Å². The minimum atomic E-state index is -0.0844. The van der Waals surface area contributed by atoms with E-state index in [-0.39, 0.29) is 17.7 Å². The molecule has 134 valence electrons. The Kier molecular flexibility index (Phi) is 5.79. The second-order valence-corrected chi connectivity index (χ2v) is 6.47. The Hall–Kier alpha value is -2.95. The summed E-state index contributed by atoms with van der Waals surface area (Å²) in [6.45, 7) is 0.501. The van der Waals surface area contributed by atoms with Gasteiger partial charge in [0.1, 0.15) is 0 Å². The number of benzene rings is 1. The summed E-state index contributed by atoms with van der Waals surface area (Å²) in [7, 11) is 1.75. The van der Waals surface area contributed by atoms with Crippen molar-refractivity contribution in [2.75, 3.05) is 11.9 Å². The maximum absolute atomic E-state index is 12.5. The fourth-order valence-electron chi connectivity index (χ4n) is 3.01. The summed E-state index contributed by atoms with van der Waals surface area (Å²) in [5.74, 6) is 0.116. The molecule has 0 unspecified atom stereocenters. The number of rotatable bonds is 5. The first-order valence-electron chi connectivity index (χ1n) is 8.85. The number of pyridine rings is 1. The fraction of sp³-hybridized carbons (Fsp3) is 0.286. The lowest BCUT2D eigenvalue weighted by Gasteiger charge is -2.19. The van der Waals surface area contributed by atoms with E-state index in [0.29, 0.717) is 12.1 Å². The van der Waals surface area contributed by atoms with Crippen LogP contribution < -0.4 is 10.2 Å². The van der Waals surface area contributed by atoms with E-state index in [0.717, 1.165) is 30.5 Å². The van der Waals surface area contributed by atoms with Crippen LogP contribution in [-0.2, 0) is 11.3 Å². The number of nitrogens with one attached hydrogen (secondary N) is 1. The molecule has 3 rings (SSSR count). The minimum absolute atomic E-state index is 0.0844. The number of hydrogen-bond acceptors (Lipinski definition) is 3. The lowest BCUT2D eigenvalue weighted by molar-refractivity contribution is -0.125. The van der Waals surface area contributed by atoms with Crippen molar-refractivity contribution in [3.63, 3.8) is 0 Å². The van der Waals surface area contributed by atoms with E-state index < -0.39 is 0 Å². The van der Waals surface area contributed by atoms with Crippen molar-refractivity contribution < 1.29 is 9.59 Å². The van der Waals surface area contributed by atoms with Crippen molar-refractivity contribution in [3.05, 3.63) is 72.1 Å². The number of hydrogen-bond donors (Lipinski definition) is 1. The Morgan fingerprint density at radius 2 is 1.85 bits per heavy atom. The van der Waals surface area contributed by atoms with E-state index >= 15 is 0 Å². The number of aromatic nitrogens is 1. The van der Waals surface area contributed by atoms with Gasteiger partial charge in [-0.2, -0.15) is 0 Å². The van der Waals surface area contributed by atoms with E-state index in [2.05, 4.69) is 22.5 Å². The monoisotopic (exact) mass is 349 g/mol. The van der Waals surface area contributed by atoms with Gasteiger partial charge < -0.3 is 10.2 Å². The zero-order valence-electron chi connectivity index (χ0n) is 14.9. The summed E-state index contributed by atoms with van der Waals surface area (Å²) >= 11 is 0. The minimum Gasteiger partial charge on any atom is -0.352 e. The van der Waals surface area contributed by atoms with Gasteiger partial charge in [0.25, 0.3) is 5.91 Å². The summed E-state index contributed by atoms with van der Waals surface area (Å²) < 4.78 is 0. The predicted octanol–water partition coefficient (Wildman–Crippen LogP) is 3.33. The zero-order valence-corrected chi connectivity index (χ0v) is 14.9. The van der Waals surface area contributed by atoms with E-state index in [1.165, 1.54) is 0 Å². The smallest absolute Gasteiger partial charge is 0.258 e. The van der Waals surface area contributed by atoms with E-state index in [1.54, 1.807) is 36.5 Å². The van der Waals surface area contributed by atoms with Crippen molar-refractivity contribution >= 4 is 17.5 Å². The molecule has 1 atom stereocenters. The molecule has 2 amide bonds. The molecule has 0 bridgehead atoms. The molecule has 1 aromatic heterocycles. The van der Waals surface area contributed by atoms with Gasteiger partial charge in [-0.05, 0) is 49.1 Å². The van der Waals surface area contributed by atoms with Crippen LogP contribution in [-0.4, -0.2) is 23.8 Å². The summed E-state index contributed by atoms with van der Waals surface area (Å²) in [5, 5.41) is 3.01. The Morgan fingerprint density at radius 3 is 2.50 bits per heavy atom. The highest BCUT2D eigenvalue weighted by Crippen LogP contribution is 2.19. The van der Waals surface area contributed by atoms with Crippen molar-refractivity contribution in [1.82, 2.24) is 10.3 Å². The fourth-order valence-corrected chi connectivity index (χ4v) is 3.01. The quantitative estimate of drug-likeness (QED) is 0.842. The van der Waals surface area contributed by atoms with Crippen molar-refractivity contribution in [1.29, 1.82) is 0 Å². The second kappa shape index (κ2) is 8.43. The van der Waals surface area contributed by atoms with Crippen LogP contribution in [0.25, 0.3) is 0 Å². The molecule has 0 radical (unpaired) electrons. The van der Waals surface area contributed by atoms with Crippen LogP contribution in [0.5, 0.6) is 0 Å². The molecule has 2 aromatic rings. The summed E-state index contributed by atoms with van der Waals surface area (Å²) in [6.07, 6.45) is 10.1. The number of amides is 2. The number of anilines is 1. The highest BCUT2D eigenvalue weighted by atomic mass is 16.2. The van der Waals surface area contributed by atoms with Crippen LogP contribution in [0.2, 0.25) is 0 Å². The summed E-state index contributed by atoms with van der Waals surface area (Å²) in [6, 6.07) is 11.1. The Balaban J connectivity index is 1.57. The third kappa shape index (κ3) is 4.36. The van der Waals surface area contributed by atoms with Gasteiger partial charge in [-0.25, -0.2) is 0 Å². The van der Waals surface area contributed by atoms with Crippen molar-refractivity contribution in [2.45, 2.75) is 25.8 Å². The predicted molar refractivity (Wildman–Crippen MR) is 102 cm³/mol. The first kappa shape index (κ1) is 17.9. The van der Waals surface area contributed by atoms with E-state index in [4.69, 9.17) is 0 Å². The molecule has 0 aliphatic heterocycles. The van der Waals surface area contributed by atoms with Gasteiger partial charge in [-0.1, -0.05) is 24.3 Å². The van der Waals surface area contributed by atoms with Gasteiger partial charge in [0.15, 0.2) is 0 Å². The molecule has 0 spiro atoms. The number of carbonyl (C=O) groups is 2. The molecule has 1 N–H and O–H groups in total. The van der Waals surface area contributed by atoms with Crippen LogP contribution in [0.3, 0.4) is 0 Å². The first-order chi connectivity index (χ1) is 12.6. The van der Waals surface area contributed by atoms with Gasteiger partial charge in [-0.15, -0.1) is 0 Å². The molecular weight excluding hydrogens is 326 g/mol. The maximum atomic E-state index is 12.5.